The highest BCUT2D eigenvalue weighted by atomic mass is 35.5. The predicted molar refractivity (Wildman–Crippen MR) is 136 cm³/mol. The number of alkyl halides is 1. The van der Waals surface area contributed by atoms with Gasteiger partial charge in [0.1, 0.15) is 0 Å². The summed E-state index contributed by atoms with van der Waals surface area (Å²) in [6.45, 7) is 24.6. The van der Waals surface area contributed by atoms with E-state index in [9.17, 15) is 0 Å². The Morgan fingerprint density at radius 2 is 1.66 bits per heavy atom. The van der Waals surface area contributed by atoms with Gasteiger partial charge in [-0.25, -0.2) is 0 Å². The molecule has 0 nitrogen and oxygen atoms in total. The third-order valence-corrected chi connectivity index (χ3v) is 7.40. The lowest BCUT2D eigenvalue weighted by atomic mass is 9.80. The first-order valence-electron chi connectivity index (χ1n) is 12.2. The maximum Gasteiger partial charge on any atom is 0.0255 e. The van der Waals surface area contributed by atoms with E-state index in [2.05, 4.69) is 73.8 Å². The largest absolute Gasteiger partial charge is 0.126 e. The fourth-order valence-corrected chi connectivity index (χ4v) is 4.76. The molecule has 0 aliphatic rings. The molecule has 0 N–H and O–H groups in total. The summed E-state index contributed by atoms with van der Waals surface area (Å²) in [5.74, 6) is 4.84. The van der Waals surface area contributed by atoms with Crippen molar-refractivity contribution in [2.45, 2.75) is 99.8 Å². The third-order valence-electron chi connectivity index (χ3n) is 6.96. The maximum atomic E-state index is 6.43. The Hall–Kier alpha value is -0.490. The molecule has 0 aromatic rings. The third kappa shape index (κ3) is 12.1. The summed E-state index contributed by atoms with van der Waals surface area (Å²) < 4.78 is 0. The molecular formula is C28H51Cl. The first-order valence-corrected chi connectivity index (χ1v) is 12.7. The lowest BCUT2D eigenvalue weighted by molar-refractivity contribution is 0.318. The molecule has 0 aromatic carbocycles. The molecule has 0 saturated carbocycles. The zero-order chi connectivity index (χ0) is 22.4. The summed E-state index contributed by atoms with van der Waals surface area (Å²) in [5, 5.41) is 0. The van der Waals surface area contributed by atoms with Crippen LogP contribution in [0.1, 0.15) is 99.8 Å². The van der Waals surface area contributed by atoms with Gasteiger partial charge in [0.15, 0.2) is 0 Å². The Balaban J connectivity index is 4.91. The van der Waals surface area contributed by atoms with E-state index in [1.807, 2.05) is 0 Å². The average Bonchev–Trinajstić information content (AvgIpc) is 2.67. The fraction of sp³-hybridized carbons (Fsp3) is 0.786. The molecule has 0 fully saturated rings. The summed E-state index contributed by atoms with van der Waals surface area (Å²) in [5.41, 5.74) is 2.93. The van der Waals surface area contributed by atoms with Crippen molar-refractivity contribution >= 4 is 11.6 Å². The van der Waals surface area contributed by atoms with Gasteiger partial charge in [0.25, 0.3) is 0 Å². The van der Waals surface area contributed by atoms with Crippen molar-refractivity contribution in [2.24, 2.45) is 35.5 Å². The number of halogens is 1. The van der Waals surface area contributed by atoms with Crippen molar-refractivity contribution in [3.63, 3.8) is 0 Å². The molecule has 4 unspecified atom stereocenters. The molecule has 0 radical (unpaired) electrons. The van der Waals surface area contributed by atoms with Crippen molar-refractivity contribution < 1.29 is 0 Å². The van der Waals surface area contributed by atoms with Crippen LogP contribution in [0.5, 0.6) is 0 Å². The first kappa shape index (κ1) is 28.5. The number of rotatable bonds is 17. The molecule has 0 amide bonds. The summed E-state index contributed by atoms with van der Waals surface area (Å²) in [7, 11) is 0. The normalized spacial score (nSPS) is 17.0. The molecule has 29 heavy (non-hydrogen) atoms. The van der Waals surface area contributed by atoms with E-state index in [0.717, 1.165) is 36.5 Å². The number of hydrogen-bond donors (Lipinski definition) is 0. The van der Waals surface area contributed by atoms with E-state index in [4.69, 9.17) is 11.6 Å². The van der Waals surface area contributed by atoms with E-state index in [1.165, 1.54) is 49.7 Å². The van der Waals surface area contributed by atoms with Crippen LogP contribution in [0.4, 0.5) is 0 Å². The van der Waals surface area contributed by atoms with Gasteiger partial charge in [-0.1, -0.05) is 91.5 Å². The van der Waals surface area contributed by atoms with Crippen LogP contribution < -0.4 is 0 Å². The lowest BCUT2D eigenvalue weighted by Crippen LogP contribution is -2.16. The van der Waals surface area contributed by atoms with E-state index < -0.39 is 0 Å². The zero-order valence-corrected chi connectivity index (χ0v) is 21.5. The molecular weight excluding hydrogens is 372 g/mol. The van der Waals surface area contributed by atoms with Crippen molar-refractivity contribution in [1.29, 1.82) is 0 Å². The molecule has 0 aliphatic heterocycles. The van der Waals surface area contributed by atoms with E-state index >= 15 is 0 Å². The van der Waals surface area contributed by atoms with E-state index in [-0.39, 0.29) is 0 Å². The zero-order valence-electron chi connectivity index (χ0n) is 20.8. The fourth-order valence-electron chi connectivity index (χ4n) is 4.52. The van der Waals surface area contributed by atoms with Crippen LogP contribution in [-0.2, 0) is 0 Å². The van der Waals surface area contributed by atoms with Crippen molar-refractivity contribution in [3.8, 4) is 0 Å². The monoisotopic (exact) mass is 422 g/mol. The number of hydrogen-bond acceptors (Lipinski definition) is 0. The predicted octanol–water partition coefficient (Wildman–Crippen LogP) is 9.85. The standard InChI is InChI=1S/C28H51Cl/c1-10-26(22(6)7)17-16-24(9)28(12-3)19-25(20-29)18-27(11-2)23(8)15-13-14-21(4)5/h11-12,21-23,25-27H,2-3,10,13-20H2,1,4-9H3. The summed E-state index contributed by atoms with van der Waals surface area (Å²) in [4.78, 5) is 0. The van der Waals surface area contributed by atoms with Gasteiger partial charge in [0.05, 0.1) is 0 Å². The van der Waals surface area contributed by atoms with Crippen molar-refractivity contribution in [1.82, 2.24) is 0 Å². The van der Waals surface area contributed by atoms with Crippen LogP contribution in [0.25, 0.3) is 0 Å². The first-order chi connectivity index (χ1) is 13.7. The van der Waals surface area contributed by atoms with Gasteiger partial charge in [-0.2, -0.15) is 0 Å². The molecule has 0 saturated heterocycles. The van der Waals surface area contributed by atoms with Gasteiger partial charge in [-0.15, -0.1) is 18.2 Å². The van der Waals surface area contributed by atoms with Crippen LogP contribution in [-0.4, -0.2) is 5.88 Å². The Bertz CT molecular complexity index is 471. The van der Waals surface area contributed by atoms with Gasteiger partial charge in [-0.05, 0) is 73.7 Å². The summed E-state index contributed by atoms with van der Waals surface area (Å²) in [6, 6.07) is 0. The van der Waals surface area contributed by atoms with Gasteiger partial charge in [0, 0.05) is 5.88 Å². The van der Waals surface area contributed by atoms with Gasteiger partial charge < -0.3 is 0 Å². The topological polar surface area (TPSA) is 0 Å². The van der Waals surface area contributed by atoms with Gasteiger partial charge in [-0.3, -0.25) is 0 Å². The van der Waals surface area contributed by atoms with Crippen LogP contribution in [0.3, 0.4) is 0 Å². The van der Waals surface area contributed by atoms with Crippen molar-refractivity contribution in [3.05, 3.63) is 36.5 Å². The minimum absolute atomic E-state index is 0.502. The van der Waals surface area contributed by atoms with Gasteiger partial charge in [0.2, 0.25) is 0 Å². The second-order valence-corrected chi connectivity index (χ2v) is 10.4. The van der Waals surface area contributed by atoms with Crippen LogP contribution in [0.15, 0.2) is 36.5 Å². The minimum Gasteiger partial charge on any atom is -0.126 e. The highest BCUT2D eigenvalue weighted by Crippen LogP contribution is 2.32. The smallest absolute Gasteiger partial charge is 0.0255 e. The minimum atomic E-state index is 0.502. The second kappa shape index (κ2) is 16.2. The highest BCUT2D eigenvalue weighted by molar-refractivity contribution is 6.18. The molecule has 0 aliphatic carbocycles. The van der Waals surface area contributed by atoms with Gasteiger partial charge >= 0.3 is 0 Å². The van der Waals surface area contributed by atoms with E-state index in [1.54, 1.807) is 0 Å². The van der Waals surface area contributed by atoms with Crippen LogP contribution >= 0.6 is 11.6 Å². The molecule has 0 aromatic heterocycles. The SMILES string of the molecule is C=CC(CC(CCl)CC(C=C)C(C)CCCC(C)C)=C(C)CCC(CC)C(C)C. The Labute approximate surface area is 189 Å². The molecule has 170 valence electrons. The van der Waals surface area contributed by atoms with E-state index in [0.29, 0.717) is 17.8 Å². The second-order valence-electron chi connectivity index (χ2n) is 10.1. The average molecular weight is 423 g/mol. The number of allylic oxidation sites excluding steroid dienone is 4. The Morgan fingerprint density at radius 1 is 1.00 bits per heavy atom. The molecule has 0 spiro atoms. The van der Waals surface area contributed by atoms with Crippen LogP contribution in [0.2, 0.25) is 0 Å². The highest BCUT2D eigenvalue weighted by Gasteiger charge is 2.20. The van der Waals surface area contributed by atoms with Crippen molar-refractivity contribution in [2.75, 3.05) is 5.88 Å². The molecule has 0 rings (SSSR count). The van der Waals surface area contributed by atoms with Crippen LogP contribution in [0, 0.1) is 35.5 Å². The Kier molecular flexibility index (Phi) is 16.0. The molecule has 1 heteroatoms. The maximum absolute atomic E-state index is 6.43. The molecule has 0 bridgehead atoms. The Morgan fingerprint density at radius 3 is 2.10 bits per heavy atom. The summed E-state index contributed by atoms with van der Waals surface area (Å²) in [6.07, 6.45) is 14.1. The lowest BCUT2D eigenvalue weighted by Gasteiger charge is -2.26. The summed E-state index contributed by atoms with van der Waals surface area (Å²) >= 11 is 6.43. The molecule has 0 heterocycles. The quantitative estimate of drug-likeness (QED) is 0.124. The molecule has 4 atom stereocenters.